The average Bonchev–Trinajstić information content (AvgIpc) is 3.32. The number of fused-ring (bicyclic) bond motifs is 4. The molecule has 0 radical (unpaired) electrons. The highest BCUT2D eigenvalue weighted by atomic mass is 19.3. The first-order valence-electron chi connectivity index (χ1n) is 13.2. The Morgan fingerprint density at radius 1 is 1.18 bits per heavy atom. The van der Waals surface area contributed by atoms with Gasteiger partial charge >= 0.3 is 6.03 Å². The Hall–Kier alpha value is -3.58. The molecule has 3 fully saturated rings. The van der Waals surface area contributed by atoms with Crippen LogP contribution in [0.4, 0.5) is 30.9 Å². The molecule has 2 saturated heterocycles. The van der Waals surface area contributed by atoms with Gasteiger partial charge in [-0.3, -0.25) is 15.0 Å². The Bertz CT molecular complexity index is 1240. The quantitative estimate of drug-likeness (QED) is 0.487. The molecule has 1 saturated carbocycles. The van der Waals surface area contributed by atoms with Gasteiger partial charge in [0.15, 0.2) is 12.1 Å². The predicted octanol–water partition coefficient (Wildman–Crippen LogP) is 3.17. The van der Waals surface area contributed by atoms with Crippen molar-refractivity contribution in [2.75, 3.05) is 48.0 Å². The number of alkyl halides is 2. The number of amides is 3. The van der Waals surface area contributed by atoms with E-state index >= 15 is 0 Å². The van der Waals surface area contributed by atoms with Gasteiger partial charge in [-0.05, 0) is 43.9 Å². The first-order chi connectivity index (χ1) is 18.9. The first kappa shape index (κ1) is 25.7. The Balaban J connectivity index is 1.11. The van der Waals surface area contributed by atoms with E-state index in [9.17, 15) is 18.4 Å². The van der Waals surface area contributed by atoms with E-state index in [4.69, 9.17) is 14.2 Å². The van der Waals surface area contributed by atoms with E-state index < -0.39 is 23.9 Å². The smallest absolute Gasteiger partial charge is 0.329 e. The molecule has 3 aliphatic heterocycles. The summed E-state index contributed by atoms with van der Waals surface area (Å²) in [6.07, 6.45) is 4.70. The Morgan fingerprint density at radius 2 is 2.05 bits per heavy atom. The topological polar surface area (TPSA) is 118 Å². The van der Waals surface area contributed by atoms with Gasteiger partial charge in [-0.2, -0.15) is 0 Å². The third kappa shape index (κ3) is 5.59. The molecule has 6 rings (SSSR count). The number of nitrogens with zero attached hydrogens (tertiary/aromatic N) is 4. The minimum Gasteiger partial charge on any atom is -0.491 e. The van der Waals surface area contributed by atoms with Crippen LogP contribution in [0.3, 0.4) is 0 Å². The summed E-state index contributed by atoms with van der Waals surface area (Å²) in [7, 11) is 0. The van der Waals surface area contributed by atoms with Gasteiger partial charge in [-0.25, -0.2) is 23.5 Å². The zero-order valence-electron chi connectivity index (χ0n) is 21.3. The minimum atomic E-state index is -2.89. The van der Waals surface area contributed by atoms with Gasteiger partial charge in [0.1, 0.15) is 23.9 Å². The minimum absolute atomic E-state index is 0.0221. The lowest BCUT2D eigenvalue weighted by molar-refractivity contribution is -0.165. The van der Waals surface area contributed by atoms with E-state index in [1.165, 1.54) is 17.2 Å². The fourth-order valence-corrected chi connectivity index (χ4v) is 5.12. The number of rotatable bonds is 8. The zero-order chi connectivity index (χ0) is 27.0. The zero-order valence-corrected chi connectivity index (χ0v) is 21.3. The van der Waals surface area contributed by atoms with Crippen LogP contribution in [0.2, 0.25) is 0 Å². The van der Waals surface area contributed by atoms with Crippen molar-refractivity contribution < 1.29 is 32.6 Å². The molecule has 3 amide bonds. The summed E-state index contributed by atoms with van der Waals surface area (Å²) in [5, 5.41) is 5.12. The van der Waals surface area contributed by atoms with Crippen LogP contribution in [-0.4, -0.2) is 79.1 Å². The molecule has 0 aromatic carbocycles. The molecule has 0 spiro atoms. The van der Waals surface area contributed by atoms with E-state index in [1.807, 2.05) is 0 Å². The second kappa shape index (κ2) is 10.5. The maximum atomic E-state index is 13.5. The molecule has 3 atom stereocenters. The van der Waals surface area contributed by atoms with E-state index in [-0.39, 0.29) is 24.4 Å². The lowest BCUT2D eigenvalue weighted by atomic mass is 10.1. The van der Waals surface area contributed by atoms with Crippen LogP contribution < -0.4 is 25.2 Å². The number of halogens is 2. The van der Waals surface area contributed by atoms with Crippen molar-refractivity contribution in [2.45, 2.75) is 56.4 Å². The SMILES string of the molecule is O=C(NC1CC1(F)F)c1ccc2c(n1)N(C(=O)Nc1cc(OCCOC3CCCCO3)ccn1)[C@H]1CCN2C1. The largest absolute Gasteiger partial charge is 0.491 e. The fourth-order valence-electron chi connectivity index (χ4n) is 5.12. The Labute approximate surface area is 223 Å². The molecular formula is C26H30F2N6O5. The highest BCUT2D eigenvalue weighted by Gasteiger charge is 2.58. The van der Waals surface area contributed by atoms with E-state index in [1.54, 1.807) is 18.2 Å². The first-order valence-corrected chi connectivity index (χ1v) is 13.2. The van der Waals surface area contributed by atoms with Crippen LogP contribution in [0.1, 0.15) is 42.6 Å². The number of urea groups is 1. The second-order valence-corrected chi connectivity index (χ2v) is 10.1. The number of carbonyl (C=O) groups is 2. The number of hydrogen-bond acceptors (Lipinski definition) is 8. The van der Waals surface area contributed by atoms with Gasteiger partial charge in [0, 0.05) is 38.4 Å². The van der Waals surface area contributed by atoms with Crippen molar-refractivity contribution in [3.8, 4) is 5.75 Å². The van der Waals surface area contributed by atoms with Gasteiger partial charge in [0.2, 0.25) is 0 Å². The van der Waals surface area contributed by atoms with Crippen molar-refractivity contribution in [1.29, 1.82) is 0 Å². The highest BCUT2D eigenvalue weighted by molar-refractivity contribution is 6.05. The summed E-state index contributed by atoms with van der Waals surface area (Å²) in [4.78, 5) is 38.3. The summed E-state index contributed by atoms with van der Waals surface area (Å²) in [6.45, 7) is 2.76. The van der Waals surface area contributed by atoms with Crippen molar-refractivity contribution in [1.82, 2.24) is 15.3 Å². The van der Waals surface area contributed by atoms with Crippen molar-refractivity contribution >= 4 is 29.3 Å². The molecule has 11 nitrogen and oxygen atoms in total. The molecule has 2 unspecified atom stereocenters. The summed E-state index contributed by atoms with van der Waals surface area (Å²) >= 11 is 0. The average molecular weight is 545 g/mol. The number of pyridine rings is 2. The predicted molar refractivity (Wildman–Crippen MR) is 136 cm³/mol. The lowest BCUT2D eigenvalue weighted by Crippen LogP contribution is -2.48. The maximum absolute atomic E-state index is 13.5. The van der Waals surface area contributed by atoms with Crippen LogP contribution in [0, 0.1) is 0 Å². The number of carbonyl (C=O) groups excluding carboxylic acids is 2. The monoisotopic (exact) mass is 544 g/mol. The van der Waals surface area contributed by atoms with Crippen LogP contribution in [0.25, 0.3) is 0 Å². The van der Waals surface area contributed by atoms with Gasteiger partial charge in [-0.15, -0.1) is 0 Å². The van der Waals surface area contributed by atoms with Crippen LogP contribution in [0.15, 0.2) is 30.5 Å². The summed E-state index contributed by atoms with van der Waals surface area (Å²) in [5.74, 6) is -2.46. The molecule has 39 heavy (non-hydrogen) atoms. The highest BCUT2D eigenvalue weighted by Crippen LogP contribution is 2.42. The summed E-state index contributed by atoms with van der Waals surface area (Å²) in [5.41, 5.74) is 0.685. The van der Waals surface area contributed by atoms with E-state index in [0.29, 0.717) is 49.4 Å². The molecule has 2 aromatic rings. The Morgan fingerprint density at radius 3 is 2.85 bits per heavy atom. The number of ether oxygens (including phenoxy) is 3. The second-order valence-electron chi connectivity index (χ2n) is 10.1. The molecule has 4 aliphatic rings. The van der Waals surface area contributed by atoms with E-state index in [0.717, 1.165) is 32.2 Å². The lowest BCUT2D eigenvalue weighted by Gasteiger charge is -2.35. The van der Waals surface area contributed by atoms with Gasteiger partial charge in [0.25, 0.3) is 11.8 Å². The number of nitrogens with one attached hydrogen (secondary N) is 2. The van der Waals surface area contributed by atoms with Crippen molar-refractivity contribution in [2.24, 2.45) is 0 Å². The van der Waals surface area contributed by atoms with Crippen LogP contribution in [-0.2, 0) is 9.47 Å². The molecule has 208 valence electrons. The maximum Gasteiger partial charge on any atom is 0.329 e. The van der Waals surface area contributed by atoms with Gasteiger partial charge in [-0.1, -0.05) is 0 Å². The molecule has 1 aliphatic carbocycles. The normalized spacial score (nSPS) is 24.6. The summed E-state index contributed by atoms with van der Waals surface area (Å²) < 4.78 is 43.6. The number of anilines is 3. The van der Waals surface area contributed by atoms with Gasteiger partial charge < -0.3 is 24.4 Å². The van der Waals surface area contributed by atoms with Crippen molar-refractivity contribution in [3.63, 3.8) is 0 Å². The van der Waals surface area contributed by atoms with Gasteiger partial charge in [0.05, 0.1) is 24.4 Å². The Kier molecular flexibility index (Phi) is 6.94. The molecule has 2 N–H and O–H groups in total. The van der Waals surface area contributed by atoms with Crippen LogP contribution >= 0.6 is 0 Å². The van der Waals surface area contributed by atoms with E-state index in [2.05, 4.69) is 25.5 Å². The molecular weight excluding hydrogens is 514 g/mol. The summed E-state index contributed by atoms with van der Waals surface area (Å²) in [6, 6.07) is 4.71. The molecule has 2 aromatic heterocycles. The number of hydrogen-bond donors (Lipinski definition) is 2. The fraction of sp³-hybridized carbons (Fsp3) is 0.538. The molecule has 5 heterocycles. The standard InChI is InChI=1S/C26H30F2N6O5/c27-26(28)14-20(26)31-24(35)18-4-5-19-23(30-18)34(16-7-9-33(19)15-16)25(36)32-21-13-17(6-8-29-21)37-11-12-39-22-3-1-2-10-38-22/h4-6,8,13,16,20,22H,1-3,7,9-12,14-15H2,(H,31,35)(H,29,32,36)/t16-,20?,22?/m0/s1. The molecule has 2 bridgehead atoms. The third-order valence-corrected chi connectivity index (χ3v) is 7.29. The number of aromatic nitrogens is 2. The molecule has 13 heteroatoms. The third-order valence-electron chi connectivity index (χ3n) is 7.29. The van der Waals surface area contributed by atoms with Crippen LogP contribution in [0.5, 0.6) is 5.75 Å². The van der Waals surface area contributed by atoms with Crippen molar-refractivity contribution in [3.05, 3.63) is 36.2 Å².